The maximum Gasteiger partial charge on any atom is 0.268 e. The molecule has 2 amide bonds. The molecule has 60 valence electrons. The van der Waals surface area contributed by atoms with Gasteiger partial charge in [-0.1, -0.05) is 0 Å². The normalized spacial score (nSPS) is 23.2. The lowest BCUT2D eigenvalue weighted by Gasteiger charge is -2.06. The van der Waals surface area contributed by atoms with Crippen molar-refractivity contribution in [2.45, 2.75) is 19.4 Å². The van der Waals surface area contributed by atoms with Gasteiger partial charge < -0.3 is 4.74 Å². The number of rotatable bonds is 1. The number of imide groups is 1. The fraction of sp³-hybridized carbons (Fsp3) is 0.500. The predicted molar refractivity (Wildman–Crippen MR) is 40.9 cm³/mol. The van der Waals surface area contributed by atoms with E-state index in [-0.39, 0.29) is 17.4 Å². The summed E-state index contributed by atoms with van der Waals surface area (Å²) in [4.78, 5) is 21.4. The molecule has 1 rings (SSSR count). The van der Waals surface area contributed by atoms with Crippen LogP contribution in [0, 0.1) is 0 Å². The zero-order chi connectivity index (χ0) is 8.43. The number of amides is 2. The van der Waals surface area contributed by atoms with Gasteiger partial charge in [-0.3, -0.25) is 14.9 Å². The fourth-order valence-electron chi connectivity index (χ4n) is 0.826. The van der Waals surface area contributed by atoms with Crippen molar-refractivity contribution in [3.63, 3.8) is 0 Å². The third-order valence-corrected chi connectivity index (χ3v) is 1.33. The summed E-state index contributed by atoms with van der Waals surface area (Å²) in [6.07, 6.45) is -0.632. The Morgan fingerprint density at radius 3 is 2.73 bits per heavy atom. The Kier molecular flexibility index (Phi) is 2.19. The van der Waals surface area contributed by atoms with E-state index in [4.69, 9.17) is 4.74 Å². The number of thiocarbonyl (C=S) groups is 1. The van der Waals surface area contributed by atoms with E-state index < -0.39 is 12.0 Å². The first-order valence-corrected chi connectivity index (χ1v) is 3.51. The first-order chi connectivity index (χ1) is 5.09. The summed E-state index contributed by atoms with van der Waals surface area (Å²) in [7, 11) is 0. The largest absolute Gasteiger partial charge is 0.474 e. The molecule has 0 aromatic carbocycles. The molecule has 1 aliphatic rings. The highest BCUT2D eigenvalue weighted by Gasteiger charge is 2.32. The average Bonchev–Trinajstić information content (AvgIpc) is 2.09. The molecule has 0 aliphatic carbocycles. The second kappa shape index (κ2) is 2.96. The van der Waals surface area contributed by atoms with Crippen molar-refractivity contribution in [3.05, 3.63) is 0 Å². The van der Waals surface area contributed by atoms with Crippen LogP contribution < -0.4 is 5.32 Å². The van der Waals surface area contributed by atoms with Crippen LogP contribution in [-0.4, -0.2) is 23.0 Å². The first kappa shape index (κ1) is 8.13. The van der Waals surface area contributed by atoms with E-state index in [1.165, 1.54) is 0 Å². The van der Waals surface area contributed by atoms with E-state index in [1.807, 2.05) is 0 Å². The van der Waals surface area contributed by atoms with Crippen molar-refractivity contribution in [1.82, 2.24) is 5.32 Å². The van der Waals surface area contributed by atoms with E-state index in [0.29, 0.717) is 0 Å². The minimum Gasteiger partial charge on any atom is -0.474 e. The molecular weight excluding hydrogens is 166 g/mol. The maximum atomic E-state index is 10.8. The van der Waals surface area contributed by atoms with E-state index in [1.54, 1.807) is 6.92 Å². The van der Waals surface area contributed by atoms with Gasteiger partial charge in [-0.25, -0.2) is 0 Å². The molecule has 4 nitrogen and oxygen atoms in total. The highest BCUT2D eigenvalue weighted by Crippen LogP contribution is 2.06. The zero-order valence-corrected chi connectivity index (χ0v) is 6.73. The molecule has 1 atom stereocenters. The van der Waals surface area contributed by atoms with Crippen LogP contribution in [0.4, 0.5) is 0 Å². The van der Waals surface area contributed by atoms with Crippen LogP contribution >= 0.6 is 12.2 Å². The summed E-state index contributed by atoms with van der Waals surface area (Å²) in [6, 6.07) is 0. The topological polar surface area (TPSA) is 55.4 Å². The number of carbonyl (C=O) groups is 2. The molecule has 1 N–H and O–H groups in total. The molecule has 1 saturated heterocycles. The lowest BCUT2D eigenvalue weighted by molar-refractivity contribution is -0.127. The second-order valence-electron chi connectivity index (χ2n) is 2.21. The van der Waals surface area contributed by atoms with Gasteiger partial charge in [0.25, 0.3) is 5.91 Å². The average molecular weight is 173 g/mol. The lowest BCUT2D eigenvalue weighted by Crippen LogP contribution is -2.27. The molecule has 0 aromatic rings. The van der Waals surface area contributed by atoms with Crippen LogP contribution in [0.25, 0.3) is 0 Å². The Morgan fingerprint density at radius 1 is 1.73 bits per heavy atom. The molecule has 0 aromatic heterocycles. The minimum absolute atomic E-state index is 0.0762. The third kappa shape index (κ3) is 1.98. The third-order valence-electron chi connectivity index (χ3n) is 1.23. The summed E-state index contributed by atoms with van der Waals surface area (Å²) < 4.78 is 4.89. The van der Waals surface area contributed by atoms with Crippen molar-refractivity contribution in [2.24, 2.45) is 0 Å². The molecule has 1 heterocycles. The Labute approximate surface area is 68.9 Å². The van der Waals surface area contributed by atoms with Crippen LogP contribution in [-0.2, 0) is 14.3 Å². The molecule has 1 fully saturated rings. The molecule has 0 bridgehead atoms. The van der Waals surface area contributed by atoms with E-state index >= 15 is 0 Å². The number of ether oxygens (including phenoxy) is 1. The van der Waals surface area contributed by atoms with Crippen LogP contribution in [0.1, 0.15) is 13.3 Å². The van der Waals surface area contributed by atoms with Gasteiger partial charge in [-0.2, -0.15) is 0 Å². The highest BCUT2D eigenvalue weighted by molar-refractivity contribution is 7.80. The maximum absolute atomic E-state index is 10.8. The van der Waals surface area contributed by atoms with Gasteiger partial charge in [0.15, 0.2) is 11.2 Å². The summed E-state index contributed by atoms with van der Waals surface area (Å²) >= 11 is 4.61. The molecule has 11 heavy (non-hydrogen) atoms. The van der Waals surface area contributed by atoms with Crippen molar-refractivity contribution in [2.75, 3.05) is 0 Å². The quantitative estimate of drug-likeness (QED) is 0.439. The van der Waals surface area contributed by atoms with Crippen molar-refractivity contribution in [3.8, 4) is 0 Å². The molecular formula is C6H7NO3S. The van der Waals surface area contributed by atoms with Gasteiger partial charge in [0.1, 0.15) is 0 Å². The van der Waals surface area contributed by atoms with E-state index in [0.717, 1.165) is 0 Å². The highest BCUT2D eigenvalue weighted by atomic mass is 32.1. The van der Waals surface area contributed by atoms with Crippen molar-refractivity contribution >= 4 is 29.1 Å². The van der Waals surface area contributed by atoms with E-state index in [2.05, 4.69) is 17.5 Å². The summed E-state index contributed by atoms with van der Waals surface area (Å²) in [5, 5.41) is 2.39. The van der Waals surface area contributed by atoms with Gasteiger partial charge in [-0.05, 0) is 12.2 Å². The van der Waals surface area contributed by atoms with Crippen molar-refractivity contribution in [1.29, 1.82) is 0 Å². The molecule has 1 unspecified atom stereocenters. The first-order valence-electron chi connectivity index (χ1n) is 3.10. The summed E-state index contributed by atoms with van der Waals surface area (Å²) in [5.41, 5.74) is 0. The van der Waals surface area contributed by atoms with Gasteiger partial charge in [0.2, 0.25) is 5.91 Å². The number of hydrogen-bond acceptors (Lipinski definition) is 4. The SMILES string of the molecule is CC(=S)OC1CC(=O)NC1=O. The van der Waals surface area contributed by atoms with Crippen LogP contribution in [0.3, 0.4) is 0 Å². The Balaban J connectivity index is 2.53. The van der Waals surface area contributed by atoms with Gasteiger partial charge >= 0.3 is 0 Å². The summed E-state index contributed by atoms with van der Waals surface area (Å²) in [6.45, 7) is 1.56. The predicted octanol–water partition coefficient (Wildman–Crippen LogP) is -0.235. The summed E-state index contributed by atoms with van der Waals surface area (Å²) in [5.74, 6) is -0.713. The molecule has 0 saturated carbocycles. The van der Waals surface area contributed by atoms with Crippen LogP contribution in [0.5, 0.6) is 0 Å². The number of nitrogens with one attached hydrogen (secondary N) is 1. The zero-order valence-electron chi connectivity index (χ0n) is 5.92. The minimum atomic E-state index is -0.708. The Bertz CT molecular complexity index is 226. The van der Waals surface area contributed by atoms with E-state index in [9.17, 15) is 9.59 Å². The lowest BCUT2D eigenvalue weighted by atomic mass is 10.3. The monoisotopic (exact) mass is 173 g/mol. The number of hydrogen-bond donors (Lipinski definition) is 1. The Morgan fingerprint density at radius 2 is 2.36 bits per heavy atom. The van der Waals surface area contributed by atoms with Crippen LogP contribution in [0.15, 0.2) is 0 Å². The molecule has 0 spiro atoms. The second-order valence-corrected chi connectivity index (χ2v) is 2.79. The smallest absolute Gasteiger partial charge is 0.268 e. The van der Waals surface area contributed by atoms with Crippen molar-refractivity contribution < 1.29 is 14.3 Å². The van der Waals surface area contributed by atoms with Crippen LogP contribution in [0.2, 0.25) is 0 Å². The van der Waals surface area contributed by atoms with Gasteiger partial charge in [0, 0.05) is 6.92 Å². The molecule has 1 aliphatic heterocycles. The molecule has 0 radical (unpaired) electrons. The van der Waals surface area contributed by atoms with Gasteiger partial charge in [-0.15, -0.1) is 0 Å². The number of carbonyl (C=O) groups excluding carboxylic acids is 2. The fourth-order valence-corrected chi connectivity index (χ4v) is 0.942. The Hall–Kier alpha value is -0.970. The molecule has 5 heteroatoms. The van der Waals surface area contributed by atoms with Gasteiger partial charge in [0.05, 0.1) is 6.42 Å². The standard InChI is InChI=1S/C6H7NO3S/c1-3(11)10-4-2-5(8)7-6(4)9/h4H,2H2,1H3,(H,7,8,9).